The summed E-state index contributed by atoms with van der Waals surface area (Å²) in [6.07, 6.45) is 1.83. The Bertz CT molecular complexity index is 314. The molecule has 2 rings (SSSR count). The molecule has 0 N–H and O–H groups in total. The minimum absolute atomic E-state index is 0. The van der Waals surface area contributed by atoms with Crippen molar-refractivity contribution >= 4 is 0 Å². The van der Waals surface area contributed by atoms with Crippen molar-refractivity contribution in [3.63, 3.8) is 0 Å². The molecule has 0 aliphatic carbocycles. The minimum atomic E-state index is 0. The van der Waals surface area contributed by atoms with Crippen molar-refractivity contribution in [2.24, 2.45) is 0 Å². The number of hydrogen-bond donors (Lipinski definition) is 0. The highest BCUT2D eigenvalue weighted by atomic mass is 14.7. The molecule has 0 radical (unpaired) electrons. The zero-order valence-electron chi connectivity index (χ0n) is 9.30. The average Bonchev–Trinajstić information content (AvgIpc) is 2.33. The van der Waals surface area contributed by atoms with E-state index in [-0.39, 0.29) is 14.9 Å². The van der Waals surface area contributed by atoms with Gasteiger partial charge in [0.25, 0.3) is 0 Å². The van der Waals surface area contributed by atoms with Crippen LogP contribution in [0.2, 0.25) is 0 Å². The first kappa shape index (κ1) is 17.8. The molecule has 0 aliphatic heterocycles. The first-order valence-electron chi connectivity index (χ1n) is 5.21. The summed E-state index contributed by atoms with van der Waals surface area (Å²) in [5.41, 5.74) is 1.16. The van der Waals surface area contributed by atoms with E-state index in [1.807, 2.05) is 60.8 Å². The second kappa shape index (κ2) is 10.9. The lowest BCUT2D eigenvalue weighted by Crippen LogP contribution is -1.88. The van der Waals surface area contributed by atoms with Crippen LogP contribution in [0.4, 0.5) is 0 Å². The van der Waals surface area contributed by atoms with Crippen molar-refractivity contribution in [1.29, 1.82) is 0 Å². The van der Waals surface area contributed by atoms with Gasteiger partial charge in [0.05, 0.1) is 0 Å². The Balaban J connectivity index is 0. The molecule has 0 bridgehead atoms. The van der Waals surface area contributed by atoms with E-state index in [1.165, 1.54) is 0 Å². The smallest absolute Gasteiger partial charge is 0.0428 e. The SMILES string of the molecule is C.C.CC(C)c1ccccn1.c1ccccc1. The third-order valence-corrected chi connectivity index (χ3v) is 1.95. The van der Waals surface area contributed by atoms with Gasteiger partial charge in [0.1, 0.15) is 0 Å². The maximum atomic E-state index is 4.18. The lowest BCUT2D eigenvalue weighted by Gasteiger charge is -2.00. The van der Waals surface area contributed by atoms with Gasteiger partial charge in [0.15, 0.2) is 0 Å². The predicted octanol–water partition coefficient (Wildman–Crippen LogP) is 5.16. The topological polar surface area (TPSA) is 12.9 Å². The quantitative estimate of drug-likeness (QED) is 0.660. The fourth-order valence-electron chi connectivity index (χ4n) is 1.10. The number of hydrogen-bond acceptors (Lipinski definition) is 1. The Morgan fingerprint density at radius 2 is 1.24 bits per heavy atom. The van der Waals surface area contributed by atoms with Gasteiger partial charge in [-0.25, -0.2) is 0 Å². The molecule has 0 saturated heterocycles. The minimum Gasteiger partial charge on any atom is -0.261 e. The van der Waals surface area contributed by atoms with Crippen molar-refractivity contribution in [3.8, 4) is 0 Å². The molecule has 1 nitrogen and oxygen atoms in total. The third-order valence-electron chi connectivity index (χ3n) is 1.95. The molecule has 0 unspecified atom stereocenters. The van der Waals surface area contributed by atoms with Crippen molar-refractivity contribution in [1.82, 2.24) is 4.98 Å². The molecule has 0 saturated carbocycles. The normalized spacial score (nSPS) is 8.18. The van der Waals surface area contributed by atoms with Gasteiger partial charge >= 0.3 is 0 Å². The van der Waals surface area contributed by atoms with Crippen LogP contribution < -0.4 is 0 Å². The highest BCUT2D eigenvalue weighted by Gasteiger charge is 1.95. The molecule has 0 atom stereocenters. The molecule has 0 spiro atoms. The highest BCUT2D eigenvalue weighted by Crippen LogP contribution is 2.08. The standard InChI is InChI=1S/C8H11N.C6H6.2CH4/c1-7(2)8-5-3-4-6-9-8;1-2-4-6-5-3-1;;/h3-7H,1-2H3;1-6H;2*1H4. The van der Waals surface area contributed by atoms with Crippen LogP contribution in [0.15, 0.2) is 60.8 Å². The summed E-state index contributed by atoms with van der Waals surface area (Å²) < 4.78 is 0. The van der Waals surface area contributed by atoms with E-state index in [9.17, 15) is 0 Å². The molecule has 0 fully saturated rings. The Morgan fingerprint density at radius 3 is 1.47 bits per heavy atom. The van der Waals surface area contributed by atoms with Crippen molar-refractivity contribution in [3.05, 3.63) is 66.5 Å². The van der Waals surface area contributed by atoms with Crippen LogP contribution in [-0.4, -0.2) is 4.98 Å². The molecule has 1 aromatic carbocycles. The molecule has 17 heavy (non-hydrogen) atoms. The Labute approximate surface area is 107 Å². The van der Waals surface area contributed by atoms with Gasteiger partial charge < -0.3 is 0 Å². The van der Waals surface area contributed by atoms with Gasteiger partial charge in [-0.2, -0.15) is 0 Å². The molecular formula is C16H25N. The van der Waals surface area contributed by atoms with E-state index in [0.717, 1.165) is 5.69 Å². The second-order valence-corrected chi connectivity index (χ2v) is 3.56. The Hall–Kier alpha value is -1.63. The lowest BCUT2D eigenvalue weighted by molar-refractivity contribution is 0.823. The zero-order valence-corrected chi connectivity index (χ0v) is 9.30. The summed E-state index contributed by atoms with van der Waals surface area (Å²) in [7, 11) is 0. The largest absolute Gasteiger partial charge is 0.261 e. The lowest BCUT2D eigenvalue weighted by atomic mass is 10.1. The monoisotopic (exact) mass is 231 g/mol. The maximum absolute atomic E-state index is 4.18. The van der Waals surface area contributed by atoms with E-state index in [0.29, 0.717) is 5.92 Å². The van der Waals surface area contributed by atoms with Gasteiger partial charge in [-0.05, 0) is 18.1 Å². The molecule has 94 valence electrons. The second-order valence-electron chi connectivity index (χ2n) is 3.56. The number of pyridine rings is 1. The third kappa shape index (κ3) is 8.21. The van der Waals surface area contributed by atoms with Crippen LogP contribution in [0.25, 0.3) is 0 Å². The van der Waals surface area contributed by atoms with E-state index in [2.05, 4.69) is 18.8 Å². The van der Waals surface area contributed by atoms with Crippen LogP contribution >= 0.6 is 0 Å². The van der Waals surface area contributed by atoms with Crippen LogP contribution in [0, 0.1) is 0 Å². The van der Waals surface area contributed by atoms with Crippen LogP contribution in [0.1, 0.15) is 40.3 Å². The fraction of sp³-hybridized carbons (Fsp3) is 0.312. The summed E-state index contributed by atoms with van der Waals surface area (Å²) in [4.78, 5) is 4.18. The average molecular weight is 231 g/mol. The van der Waals surface area contributed by atoms with Crippen LogP contribution in [0.5, 0.6) is 0 Å². The van der Waals surface area contributed by atoms with Crippen molar-refractivity contribution in [2.45, 2.75) is 34.6 Å². The molecule has 1 aromatic heterocycles. The van der Waals surface area contributed by atoms with Crippen LogP contribution in [0.3, 0.4) is 0 Å². The van der Waals surface area contributed by atoms with Gasteiger partial charge in [0, 0.05) is 11.9 Å². The summed E-state index contributed by atoms with van der Waals surface area (Å²) in [5.74, 6) is 0.547. The van der Waals surface area contributed by atoms with Crippen LogP contribution in [-0.2, 0) is 0 Å². The van der Waals surface area contributed by atoms with Gasteiger partial charge in [-0.15, -0.1) is 0 Å². The maximum Gasteiger partial charge on any atom is 0.0428 e. The molecular weight excluding hydrogens is 206 g/mol. The zero-order chi connectivity index (χ0) is 10.9. The Kier molecular flexibility index (Phi) is 11.4. The number of aromatic nitrogens is 1. The first-order valence-corrected chi connectivity index (χ1v) is 5.21. The molecule has 0 amide bonds. The van der Waals surface area contributed by atoms with Crippen molar-refractivity contribution in [2.75, 3.05) is 0 Å². The molecule has 0 aliphatic rings. The summed E-state index contributed by atoms with van der Waals surface area (Å²) >= 11 is 0. The van der Waals surface area contributed by atoms with Crippen molar-refractivity contribution < 1.29 is 0 Å². The van der Waals surface area contributed by atoms with Gasteiger partial charge in [0.2, 0.25) is 0 Å². The molecule has 1 heterocycles. The highest BCUT2D eigenvalue weighted by molar-refractivity contribution is 5.06. The van der Waals surface area contributed by atoms with E-state index in [1.54, 1.807) is 0 Å². The number of nitrogens with zero attached hydrogens (tertiary/aromatic N) is 1. The summed E-state index contributed by atoms with van der Waals surface area (Å²) in [6.45, 7) is 4.28. The number of benzene rings is 1. The van der Waals surface area contributed by atoms with E-state index in [4.69, 9.17) is 0 Å². The fourth-order valence-corrected chi connectivity index (χ4v) is 1.10. The van der Waals surface area contributed by atoms with E-state index >= 15 is 0 Å². The Morgan fingerprint density at radius 1 is 0.765 bits per heavy atom. The summed E-state index contributed by atoms with van der Waals surface area (Å²) in [6, 6.07) is 18.0. The predicted molar refractivity (Wildman–Crippen MR) is 78.2 cm³/mol. The van der Waals surface area contributed by atoms with Gasteiger partial charge in [-0.1, -0.05) is 71.2 Å². The van der Waals surface area contributed by atoms with E-state index < -0.39 is 0 Å². The first-order chi connectivity index (χ1) is 7.30. The van der Waals surface area contributed by atoms with Gasteiger partial charge in [-0.3, -0.25) is 4.98 Å². The molecule has 1 heteroatoms. The number of rotatable bonds is 1. The summed E-state index contributed by atoms with van der Waals surface area (Å²) in [5, 5.41) is 0. The molecule has 2 aromatic rings.